The first-order chi connectivity index (χ1) is 10.4. The van der Waals surface area contributed by atoms with Gasteiger partial charge < -0.3 is 18.1 Å². The van der Waals surface area contributed by atoms with Gasteiger partial charge in [0.1, 0.15) is 0 Å². The van der Waals surface area contributed by atoms with E-state index in [0.29, 0.717) is 0 Å². The fraction of sp³-hybridized carbons (Fsp3) is 0.286. The lowest BCUT2D eigenvalue weighted by atomic mass is 10.1. The van der Waals surface area contributed by atoms with Gasteiger partial charge in [-0.05, 0) is 23.3 Å². The van der Waals surface area contributed by atoms with E-state index >= 15 is 0 Å². The molecule has 0 atom stereocenters. The molecule has 0 saturated carbocycles. The minimum Gasteiger partial charge on any atom is -0.309 e. The molecule has 0 bridgehead atoms. The minimum atomic E-state index is -3.17. The predicted molar refractivity (Wildman–Crippen MR) is 87.8 cm³/mol. The third kappa shape index (κ3) is 5.65. The van der Waals surface area contributed by atoms with Gasteiger partial charge in [-0.2, -0.15) is 0 Å². The zero-order valence-corrected chi connectivity index (χ0v) is 14.8. The van der Waals surface area contributed by atoms with E-state index in [9.17, 15) is 9.13 Å². The molecule has 0 aliphatic heterocycles. The van der Waals surface area contributed by atoms with E-state index in [0.717, 1.165) is 11.1 Å². The second-order valence-electron chi connectivity index (χ2n) is 4.11. The zero-order valence-electron chi connectivity index (χ0n) is 13.0. The fourth-order valence-electron chi connectivity index (χ4n) is 1.47. The molecule has 0 N–H and O–H groups in total. The first kappa shape index (κ1) is 19.0. The highest BCUT2D eigenvalue weighted by molar-refractivity contribution is 7.57. The molecule has 0 aliphatic carbocycles. The van der Waals surface area contributed by atoms with Crippen molar-refractivity contribution >= 4 is 27.3 Å². The SMILES string of the molecule is COP(=O)(/C=C/c1ccc(/C=C/P(=O)(OC)OC)cc1)OC. The number of rotatable bonds is 8. The molecule has 0 heterocycles. The average molecular weight is 346 g/mol. The van der Waals surface area contributed by atoms with Crippen molar-refractivity contribution in [2.75, 3.05) is 28.4 Å². The van der Waals surface area contributed by atoms with E-state index in [1.807, 2.05) is 24.3 Å². The third-order valence-corrected chi connectivity index (χ3v) is 5.92. The summed E-state index contributed by atoms with van der Waals surface area (Å²) in [5.41, 5.74) is 1.65. The van der Waals surface area contributed by atoms with Gasteiger partial charge in [0.05, 0.1) is 0 Å². The van der Waals surface area contributed by atoms with E-state index < -0.39 is 15.2 Å². The lowest BCUT2D eigenvalue weighted by molar-refractivity contribution is 0.285. The van der Waals surface area contributed by atoms with Gasteiger partial charge in [-0.3, -0.25) is 9.13 Å². The molecule has 1 aromatic rings. The summed E-state index contributed by atoms with van der Waals surface area (Å²) in [5, 5.41) is 0. The van der Waals surface area contributed by atoms with Crippen LogP contribution in [0.25, 0.3) is 12.2 Å². The Balaban J connectivity index is 2.84. The maximum atomic E-state index is 11.9. The summed E-state index contributed by atoms with van der Waals surface area (Å²) >= 11 is 0. The monoisotopic (exact) mass is 346 g/mol. The van der Waals surface area contributed by atoms with Crippen LogP contribution in [0.2, 0.25) is 0 Å². The topological polar surface area (TPSA) is 71.1 Å². The molecule has 0 aromatic heterocycles. The lowest BCUT2D eigenvalue weighted by Gasteiger charge is -2.08. The highest BCUT2D eigenvalue weighted by atomic mass is 31.2. The van der Waals surface area contributed by atoms with Crippen molar-refractivity contribution in [2.24, 2.45) is 0 Å². The molecular formula is C14H20O6P2. The molecule has 0 saturated heterocycles. The number of hydrogen-bond acceptors (Lipinski definition) is 6. The van der Waals surface area contributed by atoms with Gasteiger partial charge in [0, 0.05) is 40.1 Å². The molecular weight excluding hydrogens is 326 g/mol. The highest BCUT2D eigenvalue weighted by Crippen LogP contribution is 2.49. The summed E-state index contributed by atoms with van der Waals surface area (Å²) in [4.78, 5) is 0. The Kier molecular flexibility index (Phi) is 7.43. The largest absolute Gasteiger partial charge is 0.353 e. The fourth-order valence-corrected chi connectivity index (χ4v) is 2.96. The number of hydrogen-bond donors (Lipinski definition) is 0. The summed E-state index contributed by atoms with van der Waals surface area (Å²) < 4.78 is 43.0. The second-order valence-corrected chi connectivity index (χ2v) is 8.32. The van der Waals surface area contributed by atoms with E-state index in [1.165, 1.54) is 40.1 Å². The molecule has 0 radical (unpaired) electrons. The van der Waals surface area contributed by atoms with Crippen molar-refractivity contribution in [3.05, 3.63) is 47.0 Å². The van der Waals surface area contributed by atoms with Crippen LogP contribution < -0.4 is 0 Å². The molecule has 8 heteroatoms. The van der Waals surface area contributed by atoms with Crippen LogP contribution in [-0.4, -0.2) is 28.4 Å². The van der Waals surface area contributed by atoms with Gasteiger partial charge >= 0.3 is 15.2 Å². The molecule has 122 valence electrons. The molecule has 0 unspecified atom stereocenters. The Hall–Kier alpha value is -1.00. The van der Waals surface area contributed by atoms with Crippen molar-refractivity contribution < 1.29 is 27.2 Å². The summed E-state index contributed by atoms with van der Waals surface area (Å²) in [6.45, 7) is 0. The summed E-state index contributed by atoms with van der Waals surface area (Å²) in [5.74, 6) is 2.78. The van der Waals surface area contributed by atoms with Gasteiger partial charge in [-0.25, -0.2) is 0 Å². The second kappa shape index (κ2) is 8.59. The van der Waals surface area contributed by atoms with E-state index in [1.54, 1.807) is 12.2 Å². The number of benzene rings is 1. The van der Waals surface area contributed by atoms with Gasteiger partial charge in [0.2, 0.25) is 0 Å². The maximum absolute atomic E-state index is 11.9. The van der Waals surface area contributed by atoms with Crippen molar-refractivity contribution in [3.63, 3.8) is 0 Å². The third-order valence-electron chi connectivity index (χ3n) is 2.85. The Bertz CT molecular complexity index is 550. The molecule has 1 rings (SSSR count). The van der Waals surface area contributed by atoms with E-state index in [-0.39, 0.29) is 0 Å². The van der Waals surface area contributed by atoms with Gasteiger partial charge in [0.25, 0.3) is 0 Å². The van der Waals surface area contributed by atoms with Crippen LogP contribution in [0, 0.1) is 0 Å². The summed E-state index contributed by atoms with van der Waals surface area (Å²) in [6.07, 6.45) is 3.30. The zero-order chi connectivity index (χ0) is 16.6. The smallest absolute Gasteiger partial charge is 0.309 e. The first-order valence-electron chi connectivity index (χ1n) is 6.31. The van der Waals surface area contributed by atoms with Gasteiger partial charge in [-0.1, -0.05) is 24.3 Å². The molecule has 6 nitrogen and oxygen atoms in total. The Morgan fingerprint density at radius 2 is 0.955 bits per heavy atom. The van der Waals surface area contributed by atoms with Crippen LogP contribution in [0.5, 0.6) is 0 Å². The average Bonchev–Trinajstić information content (AvgIpc) is 2.58. The van der Waals surface area contributed by atoms with E-state index in [2.05, 4.69) is 0 Å². The normalized spacial score (nSPS) is 13.3. The van der Waals surface area contributed by atoms with Crippen molar-refractivity contribution in [1.82, 2.24) is 0 Å². The van der Waals surface area contributed by atoms with Gasteiger partial charge in [0.15, 0.2) is 0 Å². The molecule has 22 heavy (non-hydrogen) atoms. The standard InChI is InChI=1S/C14H20O6P2/c1-17-21(15,18-2)11-9-13-5-7-14(8-6-13)10-12-22(16,19-3)20-4/h5-12H,1-4H3/b11-9+,12-10+. The minimum absolute atomic E-state index is 0.827. The van der Waals surface area contributed by atoms with Crippen LogP contribution in [0.3, 0.4) is 0 Å². The lowest BCUT2D eigenvalue weighted by Crippen LogP contribution is -1.84. The van der Waals surface area contributed by atoms with E-state index in [4.69, 9.17) is 18.1 Å². The van der Waals surface area contributed by atoms with Crippen molar-refractivity contribution in [2.45, 2.75) is 0 Å². The van der Waals surface area contributed by atoms with Crippen LogP contribution in [0.4, 0.5) is 0 Å². The predicted octanol–water partition coefficient (Wildman–Crippen LogP) is 4.60. The summed E-state index contributed by atoms with van der Waals surface area (Å²) in [7, 11) is -1.03. The van der Waals surface area contributed by atoms with Crippen LogP contribution in [-0.2, 0) is 27.2 Å². The molecule has 0 fully saturated rings. The van der Waals surface area contributed by atoms with Crippen LogP contribution >= 0.6 is 15.2 Å². The highest BCUT2D eigenvalue weighted by Gasteiger charge is 2.16. The Morgan fingerprint density at radius 3 is 1.18 bits per heavy atom. The molecule has 1 aromatic carbocycles. The van der Waals surface area contributed by atoms with Crippen LogP contribution in [0.1, 0.15) is 11.1 Å². The maximum Gasteiger partial charge on any atom is 0.353 e. The first-order valence-corrected chi connectivity index (χ1v) is 9.53. The summed E-state index contributed by atoms with van der Waals surface area (Å²) in [6, 6.07) is 7.26. The Morgan fingerprint density at radius 1 is 0.682 bits per heavy atom. The molecule has 0 amide bonds. The molecule has 0 spiro atoms. The van der Waals surface area contributed by atoms with Crippen molar-refractivity contribution in [3.8, 4) is 0 Å². The molecule has 0 aliphatic rings. The quantitative estimate of drug-likeness (QED) is 0.641. The van der Waals surface area contributed by atoms with Crippen molar-refractivity contribution in [1.29, 1.82) is 0 Å². The van der Waals surface area contributed by atoms with Gasteiger partial charge in [-0.15, -0.1) is 0 Å². The van der Waals surface area contributed by atoms with Crippen LogP contribution in [0.15, 0.2) is 35.9 Å². The Labute approximate surface area is 130 Å².